The van der Waals surface area contributed by atoms with Crippen LogP contribution in [0.25, 0.3) is 0 Å². The molecule has 0 saturated heterocycles. The summed E-state index contributed by atoms with van der Waals surface area (Å²) in [4.78, 5) is 1.13. The number of hydrogen-bond acceptors (Lipinski definition) is 3. The molecule has 0 bridgehead atoms. The summed E-state index contributed by atoms with van der Waals surface area (Å²) in [5.41, 5.74) is 5.93. The third-order valence-corrected chi connectivity index (χ3v) is 5.05. The number of thiocarbonyl (C=S) groups is 1. The lowest BCUT2D eigenvalue weighted by Crippen LogP contribution is -2.24. The van der Waals surface area contributed by atoms with Crippen molar-refractivity contribution in [2.45, 2.75) is 11.4 Å². The number of benzene rings is 2. The first-order valence-electron chi connectivity index (χ1n) is 8.28. The Bertz CT molecular complexity index is 952. The van der Waals surface area contributed by atoms with Crippen LogP contribution in [0.4, 0.5) is 5.69 Å². The van der Waals surface area contributed by atoms with Gasteiger partial charge >= 0.3 is 0 Å². The molecule has 3 rings (SSSR count). The highest BCUT2D eigenvalue weighted by atomic mass is 35.5. The largest absolute Gasteiger partial charge is 0.342 e. The maximum absolute atomic E-state index is 6.06. The minimum absolute atomic E-state index is 0.445. The van der Waals surface area contributed by atoms with Crippen molar-refractivity contribution in [3.8, 4) is 0 Å². The molecule has 0 spiro atoms. The summed E-state index contributed by atoms with van der Waals surface area (Å²) in [7, 11) is 0. The molecule has 0 saturated carbocycles. The van der Waals surface area contributed by atoms with Gasteiger partial charge in [-0.3, -0.25) is 5.43 Å². The minimum atomic E-state index is 0.445. The van der Waals surface area contributed by atoms with Crippen LogP contribution in [0.2, 0.25) is 5.02 Å². The van der Waals surface area contributed by atoms with E-state index in [4.69, 9.17) is 23.8 Å². The molecule has 0 fully saturated rings. The molecule has 0 aliphatic carbocycles. The summed E-state index contributed by atoms with van der Waals surface area (Å²) in [5, 5.41) is 8.60. The lowest BCUT2D eigenvalue weighted by molar-refractivity contribution is 0.799. The average molecular weight is 415 g/mol. The van der Waals surface area contributed by atoms with Gasteiger partial charge in [-0.15, -0.1) is 11.8 Å². The molecule has 4 nitrogen and oxygen atoms in total. The van der Waals surface area contributed by atoms with Crippen molar-refractivity contribution >= 4 is 52.6 Å². The van der Waals surface area contributed by atoms with E-state index >= 15 is 0 Å². The van der Waals surface area contributed by atoms with E-state index in [1.807, 2.05) is 73.1 Å². The zero-order valence-corrected chi connectivity index (χ0v) is 17.1. The molecule has 2 N–H and O–H groups in total. The van der Waals surface area contributed by atoms with Gasteiger partial charge in [0.25, 0.3) is 0 Å². The number of nitrogens with zero attached hydrogens (tertiary/aromatic N) is 2. The number of halogens is 1. The fourth-order valence-corrected chi connectivity index (χ4v) is 3.50. The number of nitrogens with one attached hydrogen (secondary N) is 2. The molecule has 3 aromatic rings. The monoisotopic (exact) mass is 414 g/mol. The summed E-state index contributed by atoms with van der Waals surface area (Å²) >= 11 is 13.0. The first-order valence-corrected chi connectivity index (χ1v) is 10.3. The fourth-order valence-electron chi connectivity index (χ4n) is 2.58. The SMILES string of the molecule is CSc1ccccc1NC(=S)N/N=C/c1cccn1Cc1cccc(Cl)c1. The van der Waals surface area contributed by atoms with Gasteiger partial charge in [-0.1, -0.05) is 35.9 Å². The smallest absolute Gasteiger partial charge is 0.191 e. The molecule has 2 aromatic carbocycles. The number of anilines is 1. The first-order chi connectivity index (χ1) is 13.2. The maximum Gasteiger partial charge on any atom is 0.191 e. The van der Waals surface area contributed by atoms with Crippen LogP contribution in [0.5, 0.6) is 0 Å². The van der Waals surface area contributed by atoms with Gasteiger partial charge in [0.1, 0.15) is 0 Å². The van der Waals surface area contributed by atoms with Crippen molar-refractivity contribution in [1.82, 2.24) is 9.99 Å². The molecule has 0 atom stereocenters. The highest BCUT2D eigenvalue weighted by Crippen LogP contribution is 2.24. The molecule has 0 amide bonds. The molecule has 0 radical (unpaired) electrons. The van der Waals surface area contributed by atoms with Crippen molar-refractivity contribution in [1.29, 1.82) is 0 Å². The van der Waals surface area contributed by atoms with Crippen LogP contribution in [0.3, 0.4) is 0 Å². The van der Waals surface area contributed by atoms with Crippen LogP contribution >= 0.6 is 35.6 Å². The van der Waals surface area contributed by atoms with Crippen molar-refractivity contribution in [3.05, 3.63) is 83.1 Å². The van der Waals surface area contributed by atoms with Crippen molar-refractivity contribution in [2.75, 3.05) is 11.6 Å². The molecule has 1 heterocycles. The predicted octanol–water partition coefficient (Wildman–Crippen LogP) is 5.23. The minimum Gasteiger partial charge on any atom is -0.342 e. The molecule has 7 heteroatoms. The number of para-hydroxylation sites is 1. The lowest BCUT2D eigenvalue weighted by atomic mass is 10.2. The van der Waals surface area contributed by atoms with E-state index in [1.54, 1.807) is 18.0 Å². The summed E-state index contributed by atoms with van der Waals surface area (Å²) < 4.78 is 2.09. The zero-order valence-electron chi connectivity index (χ0n) is 14.7. The Morgan fingerprint density at radius 2 is 2.04 bits per heavy atom. The zero-order chi connectivity index (χ0) is 19.1. The van der Waals surface area contributed by atoms with Crippen LogP contribution in [-0.2, 0) is 6.54 Å². The number of rotatable bonds is 6. The van der Waals surface area contributed by atoms with Gasteiger partial charge < -0.3 is 9.88 Å². The standard InChI is InChI=1S/C20H19ClN4S2/c1-27-19-10-3-2-9-18(19)23-20(26)24-22-13-17-8-5-11-25(17)14-15-6-4-7-16(21)12-15/h2-13H,14H2,1H3,(H2,23,24,26)/b22-13+. The van der Waals surface area contributed by atoms with Crippen molar-refractivity contribution in [2.24, 2.45) is 5.10 Å². The van der Waals surface area contributed by atoms with Gasteiger partial charge in [-0.05, 0) is 60.4 Å². The Hall–Kier alpha value is -2.28. The van der Waals surface area contributed by atoms with Gasteiger partial charge in [0, 0.05) is 22.7 Å². The van der Waals surface area contributed by atoms with Gasteiger partial charge in [0.2, 0.25) is 0 Å². The number of hydrogen-bond donors (Lipinski definition) is 2. The van der Waals surface area contributed by atoms with Gasteiger partial charge in [-0.25, -0.2) is 0 Å². The highest BCUT2D eigenvalue weighted by molar-refractivity contribution is 7.98. The topological polar surface area (TPSA) is 41.4 Å². The second-order valence-corrected chi connectivity index (χ2v) is 7.41. The van der Waals surface area contributed by atoms with Crippen LogP contribution in [0.1, 0.15) is 11.3 Å². The highest BCUT2D eigenvalue weighted by Gasteiger charge is 2.03. The summed E-state index contributed by atoms with van der Waals surface area (Å²) in [6.07, 6.45) is 5.79. The number of aromatic nitrogens is 1. The third-order valence-electron chi connectivity index (χ3n) is 3.82. The van der Waals surface area contributed by atoms with Crippen LogP contribution in [-0.4, -0.2) is 22.1 Å². The van der Waals surface area contributed by atoms with Crippen LogP contribution < -0.4 is 10.7 Å². The Morgan fingerprint density at radius 1 is 1.19 bits per heavy atom. The van der Waals surface area contributed by atoms with E-state index in [9.17, 15) is 0 Å². The quantitative estimate of drug-likeness (QED) is 0.251. The fraction of sp³-hybridized carbons (Fsp3) is 0.100. The molecule has 1 aromatic heterocycles. The van der Waals surface area contributed by atoms with Crippen LogP contribution in [0, 0.1) is 0 Å². The van der Waals surface area contributed by atoms with E-state index < -0.39 is 0 Å². The summed E-state index contributed by atoms with van der Waals surface area (Å²) in [6.45, 7) is 0.721. The summed E-state index contributed by atoms with van der Waals surface area (Å²) in [6, 6.07) is 19.8. The van der Waals surface area contributed by atoms with E-state index in [2.05, 4.69) is 20.4 Å². The van der Waals surface area contributed by atoms with E-state index in [-0.39, 0.29) is 0 Å². The molecular weight excluding hydrogens is 396 g/mol. The number of thioether (sulfide) groups is 1. The Kier molecular flexibility index (Phi) is 6.92. The Balaban J connectivity index is 1.60. The lowest BCUT2D eigenvalue weighted by Gasteiger charge is -2.10. The van der Waals surface area contributed by atoms with E-state index in [0.29, 0.717) is 5.11 Å². The summed E-state index contributed by atoms with van der Waals surface area (Å²) in [5.74, 6) is 0. The molecule has 138 valence electrons. The average Bonchev–Trinajstić information content (AvgIpc) is 3.09. The molecule has 0 unspecified atom stereocenters. The Morgan fingerprint density at radius 3 is 2.85 bits per heavy atom. The molecule has 0 aliphatic heterocycles. The molecule has 27 heavy (non-hydrogen) atoms. The second-order valence-electron chi connectivity index (χ2n) is 5.72. The maximum atomic E-state index is 6.06. The number of hydrazone groups is 1. The predicted molar refractivity (Wildman–Crippen MR) is 120 cm³/mol. The van der Waals surface area contributed by atoms with Gasteiger partial charge in [0.05, 0.1) is 17.6 Å². The van der Waals surface area contributed by atoms with Gasteiger partial charge in [0.15, 0.2) is 5.11 Å². The van der Waals surface area contributed by atoms with Crippen LogP contribution in [0.15, 0.2) is 76.9 Å². The van der Waals surface area contributed by atoms with E-state index in [1.165, 1.54) is 0 Å². The van der Waals surface area contributed by atoms with Gasteiger partial charge in [-0.2, -0.15) is 5.10 Å². The second kappa shape index (κ2) is 9.60. The molecular formula is C20H19ClN4S2. The third kappa shape index (κ3) is 5.60. The normalized spacial score (nSPS) is 10.9. The van der Waals surface area contributed by atoms with Crippen molar-refractivity contribution < 1.29 is 0 Å². The first kappa shape index (κ1) is 19.5. The molecule has 0 aliphatic rings. The Labute approximate surface area is 173 Å². The van der Waals surface area contributed by atoms with Crippen molar-refractivity contribution in [3.63, 3.8) is 0 Å². The van der Waals surface area contributed by atoms with E-state index in [0.717, 1.165) is 33.4 Å².